The van der Waals surface area contributed by atoms with E-state index in [0.29, 0.717) is 23.0 Å². The Balaban J connectivity index is 1.53. The molecule has 2 aromatic carbocycles. The summed E-state index contributed by atoms with van der Waals surface area (Å²) in [7, 11) is 1.66. The second-order valence-electron chi connectivity index (χ2n) is 7.74. The van der Waals surface area contributed by atoms with E-state index in [0.717, 1.165) is 30.1 Å². The number of methoxy groups -OCH3 is 1. The van der Waals surface area contributed by atoms with Crippen LogP contribution < -0.4 is 10.1 Å². The molecule has 1 fully saturated rings. The molecule has 4 rings (SSSR count). The number of para-hydroxylation sites is 1. The second kappa shape index (κ2) is 9.54. The lowest BCUT2D eigenvalue weighted by Gasteiger charge is -2.28. The molecule has 3 aromatic rings. The first-order valence-corrected chi connectivity index (χ1v) is 10.9. The number of benzene rings is 2. The summed E-state index contributed by atoms with van der Waals surface area (Å²) in [6.07, 6.45) is 2.35. The van der Waals surface area contributed by atoms with Crippen molar-refractivity contribution in [3.63, 3.8) is 0 Å². The number of aromatic nitrogens is 2. The van der Waals surface area contributed by atoms with E-state index >= 15 is 0 Å². The molecular formula is C24H27ClN4O2. The van der Waals surface area contributed by atoms with Crippen LogP contribution in [0, 0.1) is 6.92 Å². The molecule has 1 unspecified atom stereocenters. The molecule has 1 aliphatic rings. The number of nitrogens with zero attached hydrogens (tertiary/aromatic N) is 3. The summed E-state index contributed by atoms with van der Waals surface area (Å²) in [5, 5.41) is 7.91. The Morgan fingerprint density at radius 1 is 1.13 bits per heavy atom. The largest absolute Gasteiger partial charge is 0.497 e. The van der Waals surface area contributed by atoms with Crippen molar-refractivity contribution >= 4 is 17.5 Å². The number of nitrogens with one attached hydrogen (secondary N) is 1. The van der Waals surface area contributed by atoms with Crippen LogP contribution in [-0.4, -0.2) is 47.3 Å². The zero-order valence-electron chi connectivity index (χ0n) is 17.8. The van der Waals surface area contributed by atoms with Crippen molar-refractivity contribution in [1.29, 1.82) is 0 Å². The topological polar surface area (TPSA) is 59.4 Å². The highest BCUT2D eigenvalue weighted by atomic mass is 35.5. The summed E-state index contributed by atoms with van der Waals surface area (Å²) in [5.41, 5.74) is 3.00. The first-order valence-electron chi connectivity index (χ1n) is 10.5. The Kier molecular flexibility index (Phi) is 6.59. The van der Waals surface area contributed by atoms with E-state index in [9.17, 15) is 4.79 Å². The van der Waals surface area contributed by atoms with Crippen LogP contribution in [0.4, 0.5) is 0 Å². The number of rotatable bonds is 7. The molecule has 0 spiro atoms. The molecule has 162 valence electrons. The SMILES string of the molecule is COc1ccc(C(CNC(=O)c2c(C)nn(-c3ccccc3)c2Cl)N2CCCC2)cc1. The molecule has 31 heavy (non-hydrogen) atoms. The highest BCUT2D eigenvalue weighted by Gasteiger charge is 2.26. The van der Waals surface area contributed by atoms with Crippen LogP contribution in [0.3, 0.4) is 0 Å². The first-order chi connectivity index (χ1) is 15.1. The molecule has 1 amide bonds. The molecule has 1 aromatic heterocycles. The van der Waals surface area contributed by atoms with Gasteiger partial charge in [-0.15, -0.1) is 0 Å². The maximum atomic E-state index is 13.1. The standard InChI is InChI=1S/C24H27ClN4O2/c1-17-22(23(25)29(27-17)19-8-4-3-5-9-19)24(30)26-16-21(28-14-6-7-15-28)18-10-12-20(31-2)13-11-18/h3-5,8-13,21H,6-7,14-16H2,1-2H3,(H,26,30). The van der Waals surface area contributed by atoms with E-state index < -0.39 is 0 Å². The lowest BCUT2D eigenvalue weighted by molar-refractivity contribution is 0.0937. The average Bonchev–Trinajstić information content (AvgIpc) is 3.43. The van der Waals surface area contributed by atoms with Crippen molar-refractivity contribution in [2.75, 3.05) is 26.7 Å². The number of halogens is 1. The minimum Gasteiger partial charge on any atom is -0.497 e. The van der Waals surface area contributed by atoms with Crippen LogP contribution >= 0.6 is 11.6 Å². The summed E-state index contributed by atoms with van der Waals surface area (Å²) in [6, 6.07) is 17.7. The molecule has 1 atom stereocenters. The summed E-state index contributed by atoms with van der Waals surface area (Å²) < 4.78 is 6.89. The van der Waals surface area contributed by atoms with Crippen molar-refractivity contribution in [2.24, 2.45) is 0 Å². The van der Waals surface area contributed by atoms with E-state index in [1.165, 1.54) is 12.8 Å². The zero-order valence-corrected chi connectivity index (χ0v) is 18.6. The Hall–Kier alpha value is -2.83. The summed E-state index contributed by atoms with van der Waals surface area (Å²) in [6.45, 7) is 4.36. The predicted octanol–water partition coefficient (Wildman–Crippen LogP) is 4.41. The normalized spacial score (nSPS) is 15.1. The van der Waals surface area contributed by atoms with Crippen molar-refractivity contribution in [3.8, 4) is 11.4 Å². The van der Waals surface area contributed by atoms with Gasteiger partial charge in [0.05, 0.1) is 30.1 Å². The van der Waals surface area contributed by atoms with Gasteiger partial charge in [0.2, 0.25) is 0 Å². The number of carbonyl (C=O) groups is 1. The molecule has 0 bridgehead atoms. The van der Waals surface area contributed by atoms with Gasteiger partial charge in [0.15, 0.2) is 0 Å². The van der Waals surface area contributed by atoms with Gasteiger partial charge in [0, 0.05) is 6.54 Å². The second-order valence-corrected chi connectivity index (χ2v) is 8.10. The summed E-state index contributed by atoms with van der Waals surface area (Å²) in [4.78, 5) is 15.5. The smallest absolute Gasteiger partial charge is 0.256 e. The van der Waals surface area contributed by atoms with Crippen molar-refractivity contribution in [2.45, 2.75) is 25.8 Å². The van der Waals surface area contributed by atoms with Gasteiger partial charge in [-0.05, 0) is 62.7 Å². The monoisotopic (exact) mass is 438 g/mol. The lowest BCUT2D eigenvalue weighted by atomic mass is 10.0. The number of amides is 1. The molecule has 0 saturated carbocycles. The van der Waals surface area contributed by atoms with Crippen LogP contribution in [0.5, 0.6) is 5.75 Å². The van der Waals surface area contributed by atoms with Gasteiger partial charge < -0.3 is 10.1 Å². The van der Waals surface area contributed by atoms with Crippen molar-refractivity contribution in [1.82, 2.24) is 20.0 Å². The van der Waals surface area contributed by atoms with E-state index in [2.05, 4.69) is 27.4 Å². The third-order valence-electron chi connectivity index (χ3n) is 5.77. The van der Waals surface area contributed by atoms with E-state index in [1.807, 2.05) is 49.4 Å². The Morgan fingerprint density at radius 2 is 1.81 bits per heavy atom. The fourth-order valence-electron chi connectivity index (χ4n) is 4.11. The first kappa shape index (κ1) is 21.4. The van der Waals surface area contributed by atoms with Gasteiger partial charge in [-0.3, -0.25) is 9.69 Å². The van der Waals surface area contributed by atoms with Crippen LogP contribution in [0.1, 0.15) is 40.5 Å². The van der Waals surface area contributed by atoms with Gasteiger partial charge in [-0.25, -0.2) is 4.68 Å². The van der Waals surface area contributed by atoms with Crippen molar-refractivity contribution in [3.05, 3.63) is 76.6 Å². The van der Waals surface area contributed by atoms with E-state index in [1.54, 1.807) is 11.8 Å². The Labute approximate surface area is 187 Å². The zero-order chi connectivity index (χ0) is 21.8. The third-order valence-corrected chi connectivity index (χ3v) is 6.12. The highest BCUT2D eigenvalue weighted by Crippen LogP contribution is 2.27. The maximum Gasteiger partial charge on any atom is 0.256 e. The average molecular weight is 439 g/mol. The number of likely N-dealkylation sites (tertiary alicyclic amines) is 1. The fraction of sp³-hybridized carbons (Fsp3) is 0.333. The third kappa shape index (κ3) is 4.60. The van der Waals surface area contributed by atoms with Crippen LogP contribution in [0.2, 0.25) is 5.15 Å². The van der Waals surface area contributed by atoms with Gasteiger partial charge in [0.25, 0.3) is 5.91 Å². The maximum absolute atomic E-state index is 13.1. The molecule has 0 aliphatic carbocycles. The van der Waals surface area contributed by atoms with Crippen LogP contribution in [-0.2, 0) is 0 Å². The molecule has 2 heterocycles. The molecule has 0 radical (unpaired) electrons. The summed E-state index contributed by atoms with van der Waals surface area (Å²) >= 11 is 6.57. The Bertz CT molecular complexity index is 1030. The number of carbonyl (C=O) groups excluding carboxylic acids is 1. The fourth-order valence-corrected chi connectivity index (χ4v) is 4.47. The van der Waals surface area contributed by atoms with Gasteiger partial charge in [-0.1, -0.05) is 41.9 Å². The van der Waals surface area contributed by atoms with Crippen LogP contribution in [0.25, 0.3) is 5.69 Å². The minimum absolute atomic E-state index is 0.0978. The van der Waals surface area contributed by atoms with Crippen LogP contribution in [0.15, 0.2) is 54.6 Å². The highest BCUT2D eigenvalue weighted by molar-refractivity contribution is 6.33. The molecule has 1 N–H and O–H groups in total. The number of aryl methyl sites for hydroxylation is 1. The molecule has 1 aliphatic heterocycles. The summed E-state index contributed by atoms with van der Waals surface area (Å²) in [5.74, 6) is 0.617. The molecule has 1 saturated heterocycles. The lowest BCUT2D eigenvalue weighted by Crippen LogP contribution is -2.37. The molecular weight excluding hydrogens is 412 g/mol. The molecule has 7 heteroatoms. The van der Waals surface area contributed by atoms with E-state index in [-0.39, 0.29) is 11.9 Å². The Morgan fingerprint density at radius 3 is 2.45 bits per heavy atom. The van der Waals surface area contributed by atoms with E-state index in [4.69, 9.17) is 16.3 Å². The number of ether oxygens (including phenoxy) is 1. The number of hydrogen-bond acceptors (Lipinski definition) is 4. The quantitative estimate of drug-likeness (QED) is 0.593. The van der Waals surface area contributed by atoms with Gasteiger partial charge >= 0.3 is 0 Å². The van der Waals surface area contributed by atoms with Gasteiger partial charge in [0.1, 0.15) is 10.9 Å². The number of hydrogen-bond donors (Lipinski definition) is 1. The van der Waals surface area contributed by atoms with Gasteiger partial charge in [-0.2, -0.15) is 5.10 Å². The molecule has 6 nitrogen and oxygen atoms in total. The predicted molar refractivity (Wildman–Crippen MR) is 122 cm³/mol. The minimum atomic E-state index is -0.206. The van der Waals surface area contributed by atoms with Crippen molar-refractivity contribution < 1.29 is 9.53 Å².